The van der Waals surface area contributed by atoms with Crippen LogP contribution >= 0.6 is 0 Å². The van der Waals surface area contributed by atoms with Crippen molar-refractivity contribution in [3.8, 4) is 0 Å². The van der Waals surface area contributed by atoms with Gasteiger partial charge in [0, 0.05) is 20.5 Å². The standard InChI is InChI=1S/C17H31NO6/c1-12(23-17(5,6)22-11-19)14(10-21-9-13-7-8-13)18-15(20)24-16(2,3)4/h11-14H,7-10H2,1-6H3,(H,18,20). The van der Waals surface area contributed by atoms with Crippen molar-refractivity contribution in [3.05, 3.63) is 0 Å². The maximum atomic E-state index is 12.0. The summed E-state index contributed by atoms with van der Waals surface area (Å²) >= 11 is 0. The maximum Gasteiger partial charge on any atom is 0.408 e. The van der Waals surface area contributed by atoms with Crippen LogP contribution in [0.4, 0.5) is 4.79 Å². The quantitative estimate of drug-likeness (QED) is 0.484. The van der Waals surface area contributed by atoms with Gasteiger partial charge in [-0.3, -0.25) is 4.79 Å². The van der Waals surface area contributed by atoms with Gasteiger partial charge in [-0.1, -0.05) is 0 Å². The van der Waals surface area contributed by atoms with E-state index in [1.54, 1.807) is 41.5 Å². The summed E-state index contributed by atoms with van der Waals surface area (Å²) in [4.78, 5) is 22.6. The molecule has 0 aromatic rings. The summed E-state index contributed by atoms with van der Waals surface area (Å²) < 4.78 is 21.6. The third-order valence-electron chi connectivity index (χ3n) is 3.42. The van der Waals surface area contributed by atoms with Gasteiger partial charge in [0.05, 0.1) is 18.8 Å². The Balaban J connectivity index is 2.60. The van der Waals surface area contributed by atoms with E-state index in [9.17, 15) is 9.59 Å². The van der Waals surface area contributed by atoms with E-state index in [-0.39, 0.29) is 0 Å². The summed E-state index contributed by atoms with van der Waals surface area (Å²) in [5, 5.41) is 2.78. The maximum absolute atomic E-state index is 12.0. The SMILES string of the molecule is CC(OC(C)(C)OC=O)C(COCC1CC1)NC(=O)OC(C)(C)C. The van der Waals surface area contributed by atoms with Crippen LogP contribution in [-0.4, -0.2) is 49.3 Å². The number of carbonyl (C=O) groups excluding carboxylic acids is 2. The molecule has 1 aliphatic rings. The average Bonchev–Trinajstić information content (AvgIpc) is 3.18. The topological polar surface area (TPSA) is 83.1 Å². The molecule has 0 aromatic carbocycles. The lowest BCUT2D eigenvalue weighted by Gasteiger charge is -2.32. The summed E-state index contributed by atoms with van der Waals surface area (Å²) in [7, 11) is 0. The van der Waals surface area contributed by atoms with Gasteiger partial charge in [0.1, 0.15) is 5.60 Å². The normalized spacial score (nSPS) is 17.8. The van der Waals surface area contributed by atoms with Gasteiger partial charge in [-0.2, -0.15) is 0 Å². The zero-order valence-corrected chi connectivity index (χ0v) is 15.6. The molecule has 7 heteroatoms. The molecule has 0 spiro atoms. The Morgan fingerprint density at radius 3 is 2.38 bits per heavy atom. The number of carbonyl (C=O) groups is 2. The second kappa shape index (κ2) is 8.67. The minimum atomic E-state index is -1.09. The average molecular weight is 345 g/mol. The Morgan fingerprint density at radius 2 is 1.88 bits per heavy atom. The number of ether oxygens (including phenoxy) is 4. The Hall–Kier alpha value is -1.34. The molecule has 24 heavy (non-hydrogen) atoms. The third kappa shape index (κ3) is 9.08. The molecule has 1 aliphatic carbocycles. The molecule has 1 N–H and O–H groups in total. The molecule has 2 atom stereocenters. The number of nitrogens with one attached hydrogen (secondary N) is 1. The third-order valence-corrected chi connectivity index (χ3v) is 3.42. The van der Waals surface area contributed by atoms with Gasteiger partial charge in [0.25, 0.3) is 6.47 Å². The smallest absolute Gasteiger partial charge is 0.408 e. The van der Waals surface area contributed by atoms with Gasteiger partial charge in [-0.25, -0.2) is 4.79 Å². The zero-order valence-electron chi connectivity index (χ0n) is 15.6. The minimum absolute atomic E-state index is 0.300. The molecule has 0 radical (unpaired) electrons. The summed E-state index contributed by atoms with van der Waals surface area (Å²) in [6.45, 7) is 11.8. The molecule has 1 rings (SSSR count). The van der Waals surface area contributed by atoms with Gasteiger partial charge < -0.3 is 24.3 Å². The highest BCUT2D eigenvalue weighted by Gasteiger charge is 2.31. The first-order valence-corrected chi connectivity index (χ1v) is 8.39. The van der Waals surface area contributed by atoms with Gasteiger partial charge in [-0.05, 0) is 46.5 Å². The van der Waals surface area contributed by atoms with Crippen molar-refractivity contribution >= 4 is 12.6 Å². The number of alkyl carbamates (subject to hydrolysis) is 1. The molecule has 0 bridgehead atoms. The Labute approximate surface area is 144 Å². The molecule has 1 amide bonds. The fourth-order valence-electron chi connectivity index (χ4n) is 2.07. The fraction of sp³-hybridized carbons (Fsp3) is 0.882. The highest BCUT2D eigenvalue weighted by molar-refractivity contribution is 5.68. The molecule has 1 fully saturated rings. The van der Waals surface area contributed by atoms with Crippen molar-refractivity contribution in [2.45, 2.75) is 77.9 Å². The number of hydrogen-bond donors (Lipinski definition) is 1. The lowest BCUT2D eigenvalue weighted by Crippen LogP contribution is -2.50. The van der Waals surface area contributed by atoms with Crippen molar-refractivity contribution < 1.29 is 28.5 Å². The highest BCUT2D eigenvalue weighted by atomic mass is 16.7. The Kier molecular flexibility index (Phi) is 7.48. The van der Waals surface area contributed by atoms with Crippen LogP contribution in [0.5, 0.6) is 0 Å². The van der Waals surface area contributed by atoms with Crippen LogP contribution < -0.4 is 5.32 Å². The first-order chi connectivity index (χ1) is 11.0. The van der Waals surface area contributed by atoms with Gasteiger partial charge in [0.15, 0.2) is 0 Å². The van der Waals surface area contributed by atoms with E-state index in [4.69, 9.17) is 18.9 Å². The van der Waals surface area contributed by atoms with E-state index in [1.807, 2.05) is 0 Å². The number of amides is 1. The second-order valence-corrected chi connectivity index (χ2v) is 7.67. The van der Waals surface area contributed by atoms with Crippen LogP contribution in [0.1, 0.15) is 54.4 Å². The van der Waals surface area contributed by atoms with Crippen LogP contribution in [0.15, 0.2) is 0 Å². The summed E-state index contributed by atoms with van der Waals surface area (Å²) in [6, 6.07) is -0.423. The number of hydrogen-bond acceptors (Lipinski definition) is 6. The van der Waals surface area contributed by atoms with Crippen molar-refractivity contribution in [2.24, 2.45) is 5.92 Å². The monoisotopic (exact) mass is 345 g/mol. The summed E-state index contributed by atoms with van der Waals surface area (Å²) in [6.07, 6.45) is 1.41. The van der Waals surface area contributed by atoms with Crippen molar-refractivity contribution in [1.29, 1.82) is 0 Å². The van der Waals surface area contributed by atoms with E-state index >= 15 is 0 Å². The Morgan fingerprint density at radius 1 is 1.25 bits per heavy atom. The largest absolute Gasteiger partial charge is 0.444 e. The van der Waals surface area contributed by atoms with Gasteiger partial charge in [0.2, 0.25) is 5.79 Å². The van der Waals surface area contributed by atoms with E-state index in [0.717, 1.165) is 0 Å². The van der Waals surface area contributed by atoms with E-state index in [0.29, 0.717) is 25.6 Å². The lowest BCUT2D eigenvalue weighted by molar-refractivity contribution is -0.225. The highest BCUT2D eigenvalue weighted by Crippen LogP contribution is 2.29. The van der Waals surface area contributed by atoms with E-state index in [2.05, 4.69) is 5.32 Å². The minimum Gasteiger partial charge on any atom is -0.444 e. The van der Waals surface area contributed by atoms with Gasteiger partial charge in [-0.15, -0.1) is 0 Å². The molecule has 7 nitrogen and oxygen atoms in total. The van der Waals surface area contributed by atoms with Crippen LogP contribution in [0.25, 0.3) is 0 Å². The predicted molar refractivity (Wildman–Crippen MR) is 88.5 cm³/mol. The van der Waals surface area contributed by atoms with Crippen LogP contribution in [0, 0.1) is 5.92 Å². The Bertz CT molecular complexity index is 414. The molecule has 1 saturated carbocycles. The second-order valence-electron chi connectivity index (χ2n) is 7.67. The summed E-state index contributed by atoms with van der Waals surface area (Å²) in [5.74, 6) is -0.468. The molecular formula is C17H31NO6. The molecule has 0 aromatic heterocycles. The van der Waals surface area contributed by atoms with Crippen LogP contribution in [-0.2, 0) is 23.7 Å². The molecule has 0 saturated heterocycles. The molecule has 2 unspecified atom stereocenters. The first kappa shape index (κ1) is 20.7. The van der Waals surface area contributed by atoms with Crippen molar-refractivity contribution in [3.63, 3.8) is 0 Å². The van der Waals surface area contributed by atoms with E-state index in [1.165, 1.54) is 12.8 Å². The molecular weight excluding hydrogens is 314 g/mol. The summed E-state index contributed by atoms with van der Waals surface area (Å²) in [5.41, 5.74) is -0.590. The molecule has 0 heterocycles. The lowest BCUT2D eigenvalue weighted by atomic mass is 10.2. The molecule has 0 aliphatic heterocycles. The van der Waals surface area contributed by atoms with Crippen LogP contribution in [0.3, 0.4) is 0 Å². The van der Waals surface area contributed by atoms with Crippen molar-refractivity contribution in [2.75, 3.05) is 13.2 Å². The zero-order chi connectivity index (χ0) is 18.4. The van der Waals surface area contributed by atoms with Crippen molar-refractivity contribution in [1.82, 2.24) is 5.32 Å². The van der Waals surface area contributed by atoms with Gasteiger partial charge >= 0.3 is 6.09 Å². The first-order valence-electron chi connectivity index (χ1n) is 8.39. The predicted octanol–water partition coefficient (Wildman–Crippen LogP) is 2.62. The number of rotatable bonds is 10. The molecule has 140 valence electrons. The van der Waals surface area contributed by atoms with Crippen LogP contribution in [0.2, 0.25) is 0 Å². The van der Waals surface area contributed by atoms with E-state index < -0.39 is 29.6 Å². The fourth-order valence-corrected chi connectivity index (χ4v) is 2.07.